The maximum absolute atomic E-state index is 10.6. The van der Waals surface area contributed by atoms with E-state index in [0.717, 1.165) is 64.6 Å². The maximum atomic E-state index is 10.6. The van der Waals surface area contributed by atoms with Crippen molar-refractivity contribution in [2.75, 3.05) is 19.6 Å². The molecule has 1 atom stereocenters. The maximum Gasteiger partial charge on any atom is 0.303 e. The third kappa shape index (κ3) is 4.77. The van der Waals surface area contributed by atoms with Gasteiger partial charge in [-0.15, -0.1) is 0 Å². The molecule has 4 heteroatoms. The second-order valence-corrected chi connectivity index (χ2v) is 6.46. The number of hydrogen-bond acceptors (Lipinski definition) is 3. The monoisotopic (exact) mass is 269 g/mol. The van der Waals surface area contributed by atoms with Gasteiger partial charge in [-0.2, -0.15) is 0 Å². The summed E-state index contributed by atoms with van der Waals surface area (Å²) in [5.74, 6) is -0.194. The number of nitrogens with zero attached hydrogens (tertiary/aromatic N) is 1. The second kappa shape index (κ2) is 6.71. The zero-order chi connectivity index (χ0) is 13.7. The molecule has 0 radical (unpaired) electrons. The minimum Gasteiger partial charge on any atom is -0.481 e. The summed E-state index contributed by atoms with van der Waals surface area (Å²) in [5.41, 5.74) is -0.479. The van der Waals surface area contributed by atoms with Gasteiger partial charge in [0.2, 0.25) is 0 Å². The number of carbonyl (C=O) groups is 1. The van der Waals surface area contributed by atoms with Gasteiger partial charge in [-0.05, 0) is 44.6 Å². The van der Waals surface area contributed by atoms with Crippen LogP contribution in [0.4, 0.5) is 0 Å². The minimum atomic E-state index is -0.692. The normalized spacial score (nSPS) is 28.2. The van der Waals surface area contributed by atoms with E-state index in [0.29, 0.717) is 5.92 Å². The fourth-order valence-corrected chi connectivity index (χ4v) is 3.64. The van der Waals surface area contributed by atoms with Gasteiger partial charge in [0.1, 0.15) is 0 Å². The molecule has 0 aromatic rings. The molecule has 1 saturated heterocycles. The van der Waals surface area contributed by atoms with Crippen molar-refractivity contribution in [3.63, 3.8) is 0 Å². The summed E-state index contributed by atoms with van der Waals surface area (Å²) in [4.78, 5) is 13.0. The van der Waals surface area contributed by atoms with Crippen molar-refractivity contribution in [1.82, 2.24) is 4.90 Å². The Kier molecular flexibility index (Phi) is 5.22. The van der Waals surface area contributed by atoms with Gasteiger partial charge in [-0.25, -0.2) is 0 Å². The molecule has 1 aliphatic heterocycles. The highest BCUT2D eigenvalue weighted by Crippen LogP contribution is 2.30. The smallest absolute Gasteiger partial charge is 0.303 e. The van der Waals surface area contributed by atoms with E-state index in [4.69, 9.17) is 5.11 Å². The van der Waals surface area contributed by atoms with E-state index >= 15 is 0 Å². The zero-order valence-corrected chi connectivity index (χ0v) is 11.8. The molecule has 0 aromatic heterocycles. The van der Waals surface area contributed by atoms with E-state index in [2.05, 4.69) is 4.90 Å². The van der Waals surface area contributed by atoms with Crippen LogP contribution in [-0.4, -0.2) is 46.3 Å². The predicted octanol–water partition coefficient (Wildman–Crippen LogP) is 2.26. The lowest BCUT2D eigenvalue weighted by molar-refractivity contribution is -0.137. The molecule has 2 aliphatic rings. The number of carboxylic acids is 1. The topological polar surface area (TPSA) is 60.8 Å². The van der Waals surface area contributed by atoms with Crippen LogP contribution in [0.15, 0.2) is 0 Å². The molecule has 0 spiro atoms. The highest BCUT2D eigenvalue weighted by Gasteiger charge is 2.33. The lowest BCUT2D eigenvalue weighted by Crippen LogP contribution is -2.47. The fourth-order valence-electron chi connectivity index (χ4n) is 3.64. The standard InChI is InChI=1S/C15H27NO3/c17-14(18)7-6-13-5-4-10-16(11-13)12-15(19)8-2-1-3-9-15/h13,19H,1-12H2,(H,17,18). The molecule has 1 aliphatic carbocycles. The Morgan fingerprint density at radius 2 is 1.95 bits per heavy atom. The molecule has 19 heavy (non-hydrogen) atoms. The zero-order valence-electron chi connectivity index (χ0n) is 11.8. The molecule has 110 valence electrons. The summed E-state index contributed by atoms with van der Waals surface area (Å²) in [5, 5.41) is 19.4. The average Bonchev–Trinajstić information content (AvgIpc) is 2.37. The van der Waals surface area contributed by atoms with Crippen molar-refractivity contribution >= 4 is 5.97 Å². The molecule has 0 aromatic carbocycles. The number of aliphatic carboxylic acids is 1. The van der Waals surface area contributed by atoms with Crippen LogP contribution in [0.1, 0.15) is 57.8 Å². The van der Waals surface area contributed by atoms with Crippen molar-refractivity contribution in [3.05, 3.63) is 0 Å². The fraction of sp³-hybridized carbons (Fsp3) is 0.933. The highest BCUT2D eigenvalue weighted by molar-refractivity contribution is 5.66. The molecule has 2 N–H and O–H groups in total. The molecule has 1 saturated carbocycles. The summed E-state index contributed by atoms with van der Waals surface area (Å²) in [6.07, 6.45) is 8.76. The summed E-state index contributed by atoms with van der Waals surface area (Å²) in [6, 6.07) is 0. The Labute approximate surface area is 115 Å². The van der Waals surface area contributed by atoms with Crippen molar-refractivity contribution in [2.24, 2.45) is 5.92 Å². The number of piperidine rings is 1. The van der Waals surface area contributed by atoms with Crippen LogP contribution >= 0.6 is 0 Å². The lowest BCUT2D eigenvalue weighted by Gasteiger charge is -2.40. The third-order valence-electron chi connectivity index (χ3n) is 4.67. The van der Waals surface area contributed by atoms with Crippen LogP contribution in [0, 0.1) is 5.92 Å². The van der Waals surface area contributed by atoms with Gasteiger partial charge in [0, 0.05) is 19.5 Å². The molecule has 2 fully saturated rings. The Hall–Kier alpha value is -0.610. The van der Waals surface area contributed by atoms with Crippen LogP contribution in [0.3, 0.4) is 0 Å². The first-order chi connectivity index (χ1) is 9.07. The van der Waals surface area contributed by atoms with Crippen LogP contribution < -0.4 is 0 Å². The number of likely N-dealkylation sites (tertiary alicyclic amines) is 1. The molecule has 0 amide bonds. The first-order valence-corrected chi connectivity index (χ1v) is 7.74. The predicted molar refractivity (Wildman–Crippen MR) is 74.1 cm³/mol. The number of carboxylic acid groups (broad SMARTS) is 1. The summed E-state index contributed by atoms with van der Waals surface area (Å²) >= 11 is 0. The Balaban J connectivity index is 1.78. The van der Waals surface area contributed by atoms with Gasteiger partial charge < -0.3 is 15.1 Å². The van der Waals surface area contributed by atoms with E-state index in [1.54, 1.807) is 0 Å². The van der Waals surface area contributed by atoms with Crippen molar-refractivity contribution < 1.29 is 15.0 Å². The van der Waals surface area contributed by atoms with Crippen molar-refractivity contribution in [3.8, 4) is 0 Å². The lowest BCUT2D eigenvalue weighted by atomic mass is 9.83. The molecule has 2 rings (SSSR count). The van der Waals surface area contributed by atoms with Gasteiger partial charge >= 0.3 is 5.97 Å². The van der Waals surface area contributed by atoms with Gasteiger partial charge in [0.05, 0.1) is 5.60 Å². The van der Waals surface area contributed by atoms with Crippen molar-refractivity contribution in [1.29, 1.82) is 0 Å². The van der Waals surface area contributed by atoms with Gasteiger partial charge in [0.15, 0.2) is 0 Å². The van der Waals surface area contributed by atoms with Crippen LogP contribution in [0.25, 0.3) is 0 Å². The summed E-state index contributed by atoms with van der Waals surface area (Å²) < 4.78 is 0. The van der Waals surface area contributed by atoms with Crippen LogP contribution in [0.5, 0.6) is 0 Å². The van der Waals surface area contributed by atoms with E-state index in [1.807, 2.05) is 0 Å². The SMILES string of the molecule is O=C(O)CCC1CCCN(CC2(O)CCCCC2)C1. The molecule has 1 heterocycles. The van der Waals surface area contributed by atoms with Gasteiger partial charge in [-0.1, -0.05) is 19.3 Å². The van der Waals surface area contributed by atoms with Crippen LogP contribution in [-0.2, 0) is 4.79 Å². The quantitative estimate of drug-likeness (QED) is 0.803. The number of rotatable bonds is 5. The molecule has 1 unspecified atom stereocenters. The minimum absolute atomic E-state index is 0.281. The van der Waals surface area contributed by atoms with Crippen LogP contribution in [0.2, 0.25) is 0 Å². The summed E-state index contributed by atoms with van der Waals surface area (Å²) in [7, 11) is 0. The first kappa shape index (κ1) is 14.8. The van der Waals surface area contributed by atoms with Gasteiger partial charge in [-0.3, -0.25) is 4.79 Å². The Morgan fingerprint density at radius 1 is 1.21 bits per heavy atom. The van der Waals surface area contributed by atoms with E-state index in [1.165, 1.54) is 6.42 Å². The molecular formula is C15H27NO3. The van der Waals surface area contributed by atoms with E-state index in [-0.39, 0.29) is 6.42 Å². The molecular weight excluding hydrogens is 242 g/mol. The van der Waals surface area contributed by atoms with Crippen molar-refractivity contribution in [2.45, 2.75) is 63.4 Å². The molecule has 4 nitrogen and oxygen atoms in total. The Morgan fingerprint density at radius 3 is 2.63 bits per heavy atom. The largest absolute Gasteiger partial charge is 0.481 e. The van der Waals surface area contributed by atoms with E-state index in [9.17, 15) is 9.90 Å². The van der Waals surface area contributed by atoms with E-state index < -0.39 is 11.6 Å². The first-order valence-electron chi connectivity index (χ1n) is 7.74. The Bertz CT molecular complexity index is 300. The summed E-state index contributed by atoms with van der Waals surface area (Å²) in [6.45, 7) is 2.82. The average molecular weight is 269 g/mol. The number of β-amino-alcohol motifs (C(OH)–C–C–N with tert-alkyl or cyclic N) is 1. The number of hydrogen-bond donors (Lipinski definition) is 2. The molecule has 0 bridgehead atoms. The third-order valence-corrected chi connectivity index (χ3v) is 4.67. The van der Waals surface area contributed by atoms with Gasteiger partial charge in [0.25, 0.3) is 0 Å². The second-order valence-electron chi connectivity index (χ2n) is 6.46. The highest BCUT2D eigenvalue weighted by atomic mass is 16.4. The number of aliphatic hydroxyl groups is 1.